The Morgan fingerprint density at radius 2 is 1.49 bits per heavy atom. The molecule has 0 spiro atoms. The average Bonchev–Trinajstić information content (AvgIpc) is 3.33. The van der Waals surface area contributed by atoms with Crippen LogP contribution >= 0.6 is 0 Å². The van der Waals surface area contributed by atoms with Gasteiger partial charge >= 0.3 is 0 Å². The summed E-state index contributed by atoms with van der Waals surface area (Å²) in [5.74, 6) is 0.562. The van der Waals surface area contributed by atoms with Gasteiger partial charge in [-0.25, -0.2) is 4.39 Å². The van der Waals surface area contributed by atoms with E-state index in [4.69, 9.17) is 19.6 Å². The Kier molecular flexibility index (Phi) is 7.10. The third-order valence-corrected chi connectivity index (χ3v) is 6.92. The molecule has 1 saturated heterocycles. The number of aryl methyl sites for hydroxylation is 1. The first-order valence-corrected chi connectivity index (χ1v) is 13.1. The molecule has 8 heteroatoms. The van der Waals surface area contributed by atoms with Crippen molar-refractivity contribution in [3.8, 4) is 23.0 Å². The number of halogens is 1. The summed E-state index contributed by atoms with van der Waals surface area (Å²) in [4.78, 5) is 6.78. The summed E-state index contributed by atoms with van der Waals surface area (Å²) in [6.07, 6.45) is 0. The number of hydrogen-bond donors (Lipinski definition) is 1. The third-order valence-electron chi connectivity index (χ3n) is 6.92. The van der Waals surface area contributed by atoms with Crippen LogP contribution < -0.4 is 19.7 Å². The topological polar surface area (TPSA) is 64.4 Å². The van der Waals surface area contributed by atoms with Gasteiger partial charge in [-0.1, -0.05) is 60.7 Å². The van der Waals surface area contributed by atoms with Crippen molar-refractivity contribution in [1.82, 2.24) is 20.1 Å². The Balaban J connectivity index is 1.37. The van der Waals surface area contributed by atoms with Crippen LogP contribution in [0.5, 0.6) is 11.8 Å². The SMILES string of the molecule is Cn1nc(-c2ccc(OCc3ccccc3)nc2OCc2ccccc2)c2ccc(N3CCNCC3)c(F)c21. The fourth-order valence-corrected chi connectivity index (χ4v) is 4.92. The lowest BCUT2D eigenvalue weighted by molar-refractivity contribution is 0.268. The summed E-state index contributed by atoms with van der Waals surface area (Å²) in [7, 11) is 1.77. The van der Waals surface area contributed by atoms with Crippen molar-refractivity contribution in [3.63, 3.8) is 0 Å². The van der Waals surface area contributed by atoms with E-state index in [1.54, 1.807) is 17.8 Å². The van der Waals surface area contributed by atoms with E-state index >= 15 is 4.39 Å². The maximum Gasteiger partial charge on any atom is 0.226 e. The summed E-state index contributed by atoms with van der Waals surface area (Å²) >= 11 is 0. The molecule has 198 valence electrons. The molecule has 7 nitrogen and oxygen atoms in total. The molecule has 0 unspecified atom stereocenters. The lowest BCUT2D eigenvalue weighted by Crippen LogP contribution is -2.43. The highest BCUT2D eigenvalue weighted by Gasteiger charge is 2.23. The number of ether oxygens (including phenoxy) is 2. The second kappa shape index (κ2) is 11.1. The van der Waals surface area contributed by atoms with Crippen LogP contribution in [0.1, 0.15) is 11.1 Å². The number of fused-ring (bicyclic) bond motifs is 1. The van der Waals surface area contributed by atoms with Crippen LogP contribution in [0.4, 0.5) is 10.1 Å². The number of rotatable bonds is 8. The second-order valence-electron chi connectivity index (χ2n) is 9.55. The Hall–Kier alpha value is -4.43. The zero-order valence-electron chi connectivity index (χ0n) is 21.8. The number of pyridine rings is 1. The van der Waals surface area contributed by atoms with E-state index in [0.29, 0.717) is 52.8 Å². The normalized spacial score (nSPS) is 13.5. The Morgan fingerprint density at radius 1 is 0.821 bits per heavy atom. The zero-order valence-corrected chi connectivity index (χ0v) is 21.8. The summed E-state index contributed by atoms with van der Waals surface area (Å²) in [5, 5.41) is 8.76. The predicted octanol–water partition coefficient (Wildman–Crippen LogP) is 5.34. The van der Waals surface area contributed by atoms with Gasteiger partial charge in [-0.3, -0.25) is 4.68 Å². The van der Waals surface area contributed by atoms with Gasteiger partial charge in [0.15, 0.2) is 5.82 Å². The molecule has 2 aromatic heterocycles. The maximum absolute atomic E-state index is 15.8. The van der Waals surface area contributed by atoms with Crippen LogP contribution in [0.3, 0.4) is 0 Å². The minimum Gasteiger partial charge on any atom is -0.473 e. The fourth-order valence-electron chi connectivity index (χ4n) is 4.92. The van der Waals surface area contributed by atoms with Gasteiger partial charge in [-0.15, -0.1) is 0 Å². The fraction of sp³-hybridized carbons (Fsp3) is 0.226. The number of anilines is 1. The molecule has 0 bridgehead atoms. The van der Waals surface area contributed by atoms with Crippen molar-refractivity contribution in [2.24, 2.45) is 7.05 Å². The highest BCUT2D eigenvalue weighted by atomic mass is 19.1. The van der Waals surface area contributed by atoms with E-state index < -0.39 is 0 Å². The molecule has 0 atom stereocenters. The first kappa shape index (κ1) is 24.9. The molecule has 1 N–H and O–H groups in total. The molecule has 39 heavy (non-hydrogen) atoms. The highest BCUT2D eigenvalue weighted by Crippen LogP contribution is 2.38. The lowest BCUT2D eigenvalue weighted by atomic mass is 10.1. The summed E-state index contributed by atoms with van der Waals surface area (Å²) in [6.45, 7) is 3.91. The predicted molar refractivity (Wildman–Crippen MR) is 151 cm³/mol. The number of nitrogens with zero attached hydrogens (tertiary/aromatic N) is 4. The number of piperazine rings is 1. The van der Waals surface area contributed by atoms with Crippen LogP contribution in [-0.2, 0) is 20.3 Å². The minimum absolute atomic E-state index is 0.266. The van der Waals surface area contributed by atoms with E-state index in [1.165, 1.54) is 0 Å². The molecule has 0 saturated carbocycles. The lowest BCUT2D eigenvalue weighted by Gasteiger charge is -2.29. The van der Waals surface area contributed by atoms with Gasteiger partial charge in [0.25, 0.3) is 0 Å². The van der Waals surface area contributed by atoms with Crippen LogP contribution in [0.2, 0.25) is 0 Å². The van der Waals surface area contributed by atoms with Gasteiger partial charge in [0.1, 0.15) is 24.4 Å². The van der Waals surface area contributed by atoms with Crippen molar-refractivity contribution in [2.45, 2.75) is 13.2 Å². The van der Waals surface area contributed by atoms with Crippen molar-refractivity contribution in [2.75, 3.05) is 31.1 Å². The van der Waals surface area contributed by atoms with Gasteiger partial charge in [0.05, 0.1) is 11.3 Å². The molecule has 0 radical (unpaired) electrons. The van der Waals surface area contributed by atoms with Crippen LogP contribution in [0, 0.1) is 5.82 Å². The van der Waals surface area contributed by atoms with Crippen LogP contribution in [0.25, 0.3) is 22.2 Å². The zero-order chi connectivity index (χ0) is 26.6. The van der Waals surface area contributed by atoms with Gasteiger partial charge in [0, 0.05) is 44.7 Å². The summed E-state index contributed by atoms with van der Waals surface area (Å²) in [5.41, 5.74) is 4.41. The molecule has 1 fully saturated rings. The number of hydrogen-bond acceptors (Lipinski definition) is 6. The number of benzene rings is 3. The van der Waals surface area contributed by atoms with Crippen LogP contribution in [-0.4, -0.2) is 40.9 Å². The Morgan fingerprint density at radius 3 is 2.18 bits per heavy atom. The van der Waals surface area contributed by atoms with Crippen LogP contribution in [0.15, 0.2) is 84.9 Å². The Bertz CT molecular complexity index is 1570. The third kappa shape index (κ3) is 5.28. The standard InChI is InChI=1S/C31H30FN5O2/c1-36-30-24(12-14-26(28(30)32)37-18-16-33-17-19-37)29(35-36)25-13-15-27(38-20-22-8-4-2-5-9-22)34-31(25)39-21-23-10-6-3-7-11-23/h2-15,33H,16-21H2,1H3. The first-order valence-electron chi connectivity index (χ1n) is 13.1. The highest BCUT2D eigenvalue weighted by molar-refractivity contribution is 5.96. The maximum atomic E-state index is 15.8. The van der Waals surface area contributed by atoms with E-state index in [1.807, 2.05) is 78.9 Å². The minimum atomic E-state index is -0.266. The smallest absolute Gasteiger partial charge is 0.226 e. The molecule has 6 rings (SSSR count). The monoisotopic (exact) mass is 523 g/mol. The number of nitrogens with one attached hydrogen (secondary N) is 1. The molecule has 1 aliphatic rings. The molecule has 0 aliphatic carbocycles. The quantitative estimate of drug-likeness (QED) is 0.296. The number of aromatic nitrogens is 3. The molecule has 3 heterocycles. The van der Waals surface area contributed by atoms with Crippen molar-refractivity contribution in [1.29, 1.82) is 0 Å². The van der Waals surface area contributed by atoms with Gasteiger partial charge < -0.3 is 19.7 Å². The van der Waals surface area contributed by atoms with E-state index in [0.717, 1.165) is 37.3 Å². The van der Waals surface area contributed by atoms with Gasteiger partial charge in [-0.2, -0.15) is 10.1 Å². The largest absolute Gasteiger partial charge is 0.473 e. The first-order chi connectivity index (χ1) is 19.2. The van der Waals surface area contributed by atoms with E-state index in [2.05, 4.69) is 10.2 Å². The molecular weight excluding hydrogens is 493 g/mol. The average molecular weight is 524 g/mol. The molecule has 1 aliphatic heterocycles. The van der Waals surface area contributed by atoms with Gasteiger partial charge in [-0.05, 0) is 29.3 Å². The molecule has 0 amide bonds. The van der Waals surface area contributed by atoms with E-state index in [-0.39, 0.29) is 5.82 Å². The summed E-state index contributed by atoms with van der Waals surface area (Å²) < 4.78 is 29.7. The molecule has 5 aromatic rings. The second-order valence-corrected chi connectivity index (χ2v) is 9.55. The Labute approximate surface area is 226 Å². The van der Waals surface area contributed by atoms with Crippen molar-refractivity contribution < 1.29 is 13.9 Å². The molecular formula is C31H30FN5O2. The molecule has 3 aromatic carbocycles. The summed E-state index contributed by atoms with van der Waals surface area (Å²) in [6, 6.07) is 27.3. The van der Waals surface area contributed by atoms with Gasteiger partial charge in [0.2, 0.25) is 11.8 Å². The van der Waals surface area contributed by atoms with E-state index in [9.17, 15) is 0 Å². The van der Waals surface area contributed by atoms with Crippen molar-refractivity contribution >= 4 is 16.6 Å². The van der Waals surface area contributed by atoms with Crippen molar-refractivity contribution in [3.05, 3.63) is 102 Å².